The second-order valence-corrected chi connectivity index (χ2v) is 9.64. The molecule has 2 aliphatic heterocycles. The lowest BCUT2D eigenvalue weighted by molar-refractivity contribution is -0.113. The van der Waals surface area contributed by atoms with Gasteiger partial charge >= 0.3 is 0 Å². The normalized spacial score (nSPS) is 19.7. The molecule has 0 unspecified atom stereocenters. The maximum Gasteiger partial charge on any atom is 0.274 e. The molecular weight excluding hydrogens is 478 g/mol. The van der Waals surface area contributed by atoms with E-state index in [1.165, 1.54) is 11.8 Å². The summed E-state index contributed by atoms with van der Waals surface area (Å²) in [7, 11) is 2.01. The fourth-order valence-electron chi connectivity index (χ4n) is 3.31. The van der Waals surface area contributed by atoms with Gasteiger partial charge in [-0.15, -0.1) is 0 Å². The number of halogens is 1. The van der Waals surface area contributed by atoms with Gasteiger partial charge in [0.1, 0.15) is 4.91 Å². The van der Waals surface area contributed by atoms with Gasteiger partial charge in [-0.05, 0) is 60.3 Å². The van der Waals surface area contributed by atoms with E-state index < -0.39 is 0 Å². The van der Waals surface area contributed by atoms with Crippen molar-refractivity contribution in [2.75, 3.05) is 16.8 Å². The highest BCUT2D eigenvalue weighted by atomic mass is 79.9. The molecule has 1 amide bonds. The van der Waals surface area contributed by atoms with Crippen LogP contribution < -0.4 is 9.80 Å². The minimum atomic E-state index is -0.0517. The van der Waals surface area contributed by atoms with E-state index in [0.717, 1.165) is 31.5 Å². The number of rotatable bonds is 2. The molecule has 0 saturated carbocycles. The largest absolute Gasteiger partial charge is 0.337 e. The van der Waals surface area contributed by atoms with Crippen LogP contribution in [0.3, 0.4) is 0 Å². The van der Waals surface area contributed by atoms with Crippen molar-refractivity contribution in [1.82, 2.24) is 0 Å². The van der Waals surface area contributed by atoms with Gasteiger partial charge in [-0.25, -0.2) is 4.99 Å². The average Bonchev–Trinajstić information content (AvgIpc) is 3.27. The molecule has 148 valence electrons. The minimum absolute atomic E-state index is 0.0517. The van der Waals surface area contributed by atoms with E-state index in [0.29, 0.717) is 10.1 Å². The number of carbonyl (C=O) groups is 1. The molecule has 3 aromatic rings. The smallest absolute Gasteiger partial charge is 0.274 e. The molecule has 5 rings (SSSR count). The van der Waals surface area contributed by atoms with Gasteiger partial charge in [-0.2, -0.15) is 0 Å². The average molecular weight is 494 g/mol. The van der Waals surface area contributed by atoms with E-state index in [9.17, 15) is 4.79 Å². The number of carbonyl (C=O) groups excluding carboxylic acids is 1. The summed E-state index contributed by atoms with van der Waals surface area (Å²) in [6.45, 7) is 0. The maximum atomic E-state index is 13.6. The van der Waals surface area contributed by atoms with Crippen LogP contribution in [0.4, 0.5) is 17.1 Å². The molecule has 0 N–H and O–H groups in total. The van der Waals surface area contributed by atoms with E-state index in [-0.39, 0.29) is 5.91 Å². The number of anilines is 2. The van der Waals surface area contributed by atoms with Gasteiger partial charge in [0, 0.05) is 16.4 Å². The molecule has 1 saturated heterocycles. The van der Waals surface area contributed by atoms with Gasteiger partial charge < -0.3 is 4.90 Å². The Bertz CT molecular complexity index is 1190. The zero-order chi connectivity index (χ0) is 20.7. The van der Waals surface area contributed by atoms with Crippen molar-refractivity contribution in [2.24, 2.45) is 4.99 Å². The van der Waals surface area contributed by atoms with E-state index in [4.69, 9.17) is 4.99 Å². The summed E-state index contributed by atoms with van der Waals surface area (Å²) < 4.78 is 0.992. The molecule has 0 aromatic heterocycles. The summed E-state index contributed by atoms with van der Waals surface area (Å²) in [5.41, 5.74) is 2.73. The Morgan fingerprint density at radius 2 is 1.57 bits per heavy atom. The number of para-hydroxylation sites is 2. The van der Waals surface area contributed by atoms with Gasteiger partial charge in [0.25, 0.3) is 5.91 Å². The van der Waals surface area contributed by atoms with Crippen LogP contribution in [0.1, 0.15) is 0 Å². The van der Waals surface area contributed by atoms with Gasteiger partial charge in [-0.3, -0.25) is 9.69 Å². The number of hydrogen-bond donors (Lipinski definition) is 0. The fourth-order valence-corrected chi connectivity index (χ4v) is 5.92. The van der Waals surface area contributed by atoms with E-state index in [1.807, 2.05) is 73.8 Å². The number of benzene rings is 3. The highest BCUT2D eigenvalue weighted by Gasteiger charge is 2.39. The molecule has 0 spiro atoms. The molecule has 0 atom stereocenters. The van der Waals surface area contributed by atoms with Crippen LogP contribution in [-0.2, 0) is 4.79 Å². The molecular formula is C23H16BrN3OS2. The van der Waals surface area contributed by atoms with Crippen LogP contribution >= 0.6 is 39.5 Å². The summed E-state index contributed by atoms with van der Waals surface area (Å²) in [5.74, 6) is -0.0517. The van der Waals surface area contributed by atoms with Crippen molar-refractivity contribution >= 4 is 67.6 Å². The van der Waals surface area contributed by atoms with Crippen LogP contribution in [0.5, 0.6) is 0 Å². The Hall–Kier alpha value is -2.48. The number of amides is 1. The van der Waals surface area contributed by atoms with Crippen LogP contribution in [0, 0.1) is 0 Å². The third kappa shape index (κ3) is 3.47. The number of aliphatic imine (C=N–C) groups is 1. The maximum absolute atomic E-state index is 13.6. The third-order valence-electron chi connectivity index (χ3n) is 4.78. The summed E-state index contributed by atoms with van der Waals surface area (Å²) >= 11 is 6.51. The monoisotopic (exact) mass is 493 g/mol. The number of fused-ring (bicyclic) bond motifs is 1. The fraction of sp³-hybridized carbons (Fsp3) is 0.0435. The molecule has 30 heavy (non-hydrogen) atoms. The summed E-state index contributed by atoms with van der Waals surface area (Å²) in [6.07, 6.45) is 0. The predicted octanol–water partition coefficient (Wildman–Crippen LogP) is 6.63. The van der Waals surface area contributed by atoms with E-state index in [2.05, 4.69) is 33.0 Å². The summed E-state index contributed by atoms with van der Waals surface area (Å²) in [4.78, 5) is 24.0. The lowest BCUT2D eigenvalue weighted by Gasteiger charge is -2.16. The predicted molar refractivity (Wildman–Crippen MR) is 130 cm³/mol. The first-order valence-electron chi connectivity index (χ1n) is 9.28. The van der Waals surface area contributed by atoms with Gasteiger partial charge in [0.2, 0.25) is 0 Å². The summed E-state index contributed by atoms with van der Waals surface area (Å²) in [6, 6.07) is 25.6. The topological polar surface area (TPSA) is 35.9 Å². The number of nitrogens with zero attached hydrogens (tertiary/aromatic N) is 3. The van der Waals surface area contributed by atoms with Crippen LogP contribution in [0.25, 0.3) is 0 Å². The van der Waals surface area contributed by atoms with Crippen LogP contribution in [-0.4, -0.2) is 18.1 Å². The Balaban J connectivity index is 1.61. The van der Waals surface area contributed by atoms with Crippen molar-refractivity contribution in [2.45, 2.75) is 4.90 Å². The highest BCUT2D eigenvalue weighted by Crippen LogP contribution is 2.50. The Kier molecular flexibility index (Phi) is 5.18. The highest BCUT2D eigenvalue weighted by molar-refractivity contribution is 9.10. The van der Waals surface area contributed by atoms with Gasteiger partial charge in [0.05, 0.1) is 22.1 Å². The number of hydrogen-bond acceptors (Lipinski definition) is 5. The SMILES string of the molecule is CN1C(=C2SC(=Nc3ccc(Br)cc3)N(c3ccccc3)C2=O)Sc2ccccc21. The number of amidine groups is 1. The second kappa shape index (κ2) is 7.98. The molecule has 1 fully saturated rings. The van der Waals surface area contributed by atoms with Crippen molar-refractivity contribution in [1.29, 1.82) is 0 Å². The molecule has 0 aliphatic carbocycles. The van der Waals surface area contributed by atoms with Crippen LogP contribution in [0.15, 0.2) is 103 Å². The lowest BCUT2D eigenvalue weighted by atomic mass is 10.3. The Morgan fingerprint density at radius 1 is 0.867 bits per heavy atom. The van der Waals surface area contributed by atoms with Gasteiger partial charge in [0.15, 0.2) is 5.17 Å². The van der Waals surface area contributed by atoms with Gasteiger partial charge in [-0.1, -0.05) is 58.0 Å². The van der Waals surface area contributed by atoms with Crippen LogP contribution in [0.2, 0.25) is 0 Å². The Labute approximate surface area is 191 Å². The van der Waals surface area contributed by atoms with Crippen molar-refractivity contribution in [3.05, 3.63) is 93.3 Å². The molecule has 4 nitrogen and oxygen atoms in total. The van der Waals surface area contributed by atoms with Crippen molar-refractivity contribution < 1.29 is 4.79 Å². The molecule has 3 aromatic carbocycles. The molecule has 2 aliphatic rings. The minimum Gasteiger partial charge on any atom is -0.337 e. The Morgan fingerprint density at radius 3 is 2.30 bits per heavy atom. The molecule has 7 heteroatoms. The standard InChI is InChI=1S/C23H16BrN3OS2/c1-26-18-9-5-6-10-19(18)29-22(26)20-21(28)27(17-7-3-2-4-8-17)23(30-20)25-16-13-11-15(24)12-14-16/h2-14H,1H3. The first-order valence-corrected chi connectivity index (χ1v) is 11.7. The van der Waals surface area contributed by atoms with Crippen molar-refractivity contribution in [3.63, 3.8) is 0 Å². The molecule has 2 heterocycles. The first kappa shape index (κ1) is 19.5. The zero-order valence-corrected chi connectivity index (χ0v) is 19.2. The second-order valence-electron chi connectivity index (χ2n) is 6.71. The molecule has 0 radical (unpaired) electrons. The summed E-state index contributed by atoms with van der Waals surface area (Å²) in [5, 5.41) is 1.59. The third-order valence-corrected chi connectivity index (χ3v) is 7.70. The van der Waals surface area contributed by atoms with Crippen molar-refractivity contribution in [3.8, 4) is 0 Å². The lowest BCUT2D eigenvalue weighted by Crippen LogP contribution is -2.29. The first-order chi connectivity index (χ1) is 14.6. The zero-order valence-electron chi connectivity index (χ0n) is 15.9. The van der Waals surface area contributed by atoms with E-state index in [1.54, 1.807) is 16.7 Å². The quantitative estimate of drug-likeness (QED) is 0.375. The number of thioether (sulfide) groups is 2. The van der Waals surface area contributed by atoms with E-state index >= 15 is 0 Å². The molecule has 0 bridgehead atoms.